The maximum atomic E-state index is 5.81. The quantitative estimate of drug-likeness (QED) is 0.669. The van der Waals surface area contributed by atoms with Gasteiger partial charge in [0, 0.05) is 19.6 Å². The Kier molecular flexibility index (Phi) is 8.40. The van der Waals surface area contributed by atoms with Gasteiger partial charge in [-0.05, 0) is 49.2 Å². The Morgan fingerprint density at radius 1 is 1.14 bits per heavy atom. The van der Waals surface area contributed by atoms with E-state index in [1.807, 2.05) is 0 Å². The van der Waals surface area contributed by atoms with Crippen molar-refractivity contribution in [3.05, 3.63) is 29.3 Å². The van der Waals surface area contributed by atoms with E-state index in [-0.39, 0.29) is 0 Å². The van der Waals surface area contributed by atoms with Crippen LogP contribution in [-0.4, -0.2) is 44.2 Å². The standard InChI is InChI=1S/C18H32N2O/c1-6-20(7-2)12-10-19-11-13-21-17-8-9-18(15(3)4)16(5)14-17/h8-9,14-15,19H,6-7,10-13H2,1-5H3. The van der Waals surface area contributed by atoms with E-state index in [0.717, 1.165) is 45.1 Å². The van der Waals surface area contributed by atoms with E-state index in [1.165, 1.54) is 11.1 Å². The van der Waals surface area contributed by atoms with Gasteiger partial charge >= 0.3 is 0 Å². The number of hydrogen-bond acceptors (Lipinski definition) is 3. The molecule has 3 heteroatoms. The summed E-state index contributed by atoms with van der Waals surface area (Å²) in [7, 11) is 0. The highest BCUT2D eigenvalue weighted by atomic mass is 16.5. The number of hydrogen-bond donors (Lipinski definition) is 1. The monoisotopic (exact) mass is 292 g/mol. The molecule has 0 atom stereocenters. The van der Waals surface area contributed by atoms with Crippen LogP contribution < -0.4 is 10.1 Å². The molecule has 0 saturated heterocycles. The Balaban J connectivity index is 2.23. The van der Waals surface area contributed by atoms with Crippen LogP contribution in [0.4, 0.5) is 0 Å². The van der Waals surface area contributed by atoms with Gasteiger partial charge in [-0.1, -0.05) is 33.8 Å². The van der Waals surface area contributed by atoms with Gasteiger partial charge in [0.05, 0.1) is 0 Å². The van der Waals surface area contributed by atoms with Gasteiger partial charge in [-0.3, -0.25) is 0 Å². The fourth-order valence-corrected chi connectivity index (χ4v) is 2.53. The predicted octanol–water partition coefficient (Wildman–Crippen LogP) is 3.43. The number of nitrogens with zero attached hydrogens (tertiary/aromatic N) is 1. The smallest absolute Gasteiger partial charge is 0.119 e. The summed E-state index contributed by atoms with van der Waals surface area (Å²) >= 11 is 0. The first-order chi connectivity index (χ1) is 10.1. The topological polar surface area (TPSA) is 24.5 Å². The third-order valence-electron chi connectivity index (χ3n) is 3.91. The normalized spacial score (nSPS) is 11.4. The molecule has 0 spiro atoms. The van der Waals surface area contributed by atoms with E-state index in [9.17, 15) is 0 Å². The van der Waals surface area contributed by atoms with Crippen molar-refractivity contribution < 1.29 is 4.74 Å². The average Bonchev–Trinajstić information content (AvgIpc) is 2.46. The molecular formula is C18H32N2O. The van der Waals surface area contributed by atoms with Gasteiger partial charge in [0.2, 0.25) is 0 Å². The summed E-state index contributed by atoms with van der Waals surface area (Å²) in [5.74, 6) is 1.54. The van der Waals surface area contributed by atoms with Crippen molar-refractivity contribution in [1.82, 2.24) is 10.2 Å². The molecule has 1 aromatic carbocycles. The minimum atomic E-state index is 0.570. The molecule has 0 saturated carbocycles. The van der Waals surface area contributed by atoms with Gasteiger partial charge in [0.25, 0.3) is 0 Å². The van der Waals surface area contributed by atoms with Crippen LogP contribution in [0.2, 0.25) is 0 Å². The summed E-state index contributed by atoms with van der Waals surface area (Å²) in [6.45, 7) is 17.0. The van der Waals surface area contributed by atoms with Crippen LogP contribution in [0.15, 0.2) is 18.2 Å². The fraction of sp³-hybridized carbons (Fsp3) is 0.667. The number of ether oxygens (including phenoxy) is 1. The Bertz CT molecular complexity index is 400. The van der Waals surface area contributed by atoms with E-state index in [4.69, 9.17) is 4.74 Å². The maximum absolute atomic E-state index is 5.81. The lowest BCUT2D eigenvalue weighted by atomic mass is 9.98. The summed E-state index contributed by atoms with van der Waals surface area (Å²) in [5.41, 5.74) is 2.72. The summed E-state index contributed by atoms with van der Waals surface area (Å²) in [6.07, 6.45) is 0. The number of benzene rings is 1. The molecule has 0 fully saturated rings. The van der Waals surface area contributed by atoms with E-state index < -0.39 is 0 Å². The van der Waals surface area contributed by atoms with E-state index in [2.05, 4.69) is 63.0 Å². The molecule has 120 valence electrons. The molecule has 3 nitrogen and oxygen atoms in total. The van der Waals surface area contributed by atoms with Crippen LogP contribution in [0.5, 0.6) is 5.75 Å². The van der Waals surface area contributed by atoms with Crippen LogP contribution in [0.1, 0.15) is 44.7 Å². The number of aryl methyl sites for hydroxylation is 1. The summed E-state index contributed by atoms with van der Waals surface area (Å²) in [6, 6.07) is 6.41. The third kappa shape index (κ3) is 6.49. The summed E-state index contributed by atoms with van der Waals surface area (Å²) in [4.78, 5) is 2.42. The molecular weight excluding hydrogens is 260 g/mol. The van der Waals surface area contributed by atoms with Crippen molar-refractivity contribution in [2.75, 3.05) is 39.3 Å². The first-order valence-electron chi connectivity index (χ1n) is 8.24. The van der Waals surface area contributed by atoms with Gasteiger partial charge in [0.1, 0.15) is 12.4 Å². The zero-order valence-corrected chi connectivity index (χ0v) is 14.4. The Hall–Kier alpha value is -1.06. The van der Waals surface area contributed by atoms with E-state index in [0.29, 0.717) is 5.92 Å². The number of rotatable bonds is 10. The van der Waals surface area contributed by atoms with Crippen molar-refractivity contribution in [3.8, 4) is 5.75 Å². The molecule has 0 amide bonds. The SMILES string of the molecule is CCN(CC)CCNCCOc1ccc(C(C)C)c(C)c1. The highest BCUT2D eigenvalue weighted by Crippen LogP contribution is 2.23. The van der Waals surface area contributed by atoms with Gasteiger partial charge in [0.15, 0.2) is 0 Å². The minimum Gasteiger partial charge on any atom is -0.492 e. The zero-order chi connectivity index (χ0) is 15.7. The first-order valence-corrected chi connectivity index (χ1v) is 8.24. The Labute approximate surface area is 130 Å². The number of likely N-dealkylation sites (N-methyl/N-ethyl adjacent to an activating group) is 1. The summed E-state index contributed by atoms with van der Waals surface area (Å²) in [5, 5.41) is 3.43. The molecule has 0 bridgehead atoms. The lowest BCUT2D eigenvalue weighted by Gasteiger charge is -2.18. The average molecular weight is 292 g/mol. The molecule has 0 aliphatic carbocycles. The lowest BCUT2D eigenvalue weighted by molar-refractivity contribution is 0.285. The highest BCUT2D eigenvalue weighted by molar-refractivity contribution is 5.36. The van der Waals surface area contributed by atoms with Crippen LogP contribution in [0.3, 0.4) is 0 Å². The van der Waals surface area contributed by atoms with Crippen LogP contribution in [-0.2, 0) is 0 Å². The molecule has 0 aliphatic heterocycles. The largest absolute Gasteiger partial charge is 0.492 e. The second-order valence-corrected chi connectivity index (χ2v) is 5.80. The van der Waals surface area contributed by atoms with Gasteiger partial charge < -0.3 is 15.0 Å². The molecule has 1 N–H and O–H groups in total. The predicted molar refractivity (Wildman–Crippen MR) is 91.4 cm³/mol. The Morgan fingerprint density at radius 2 is 1.86 bits per heavy atom. The van der Waals surface area contributed by atoms with Crippen molar-refractivity contribution in [2.24, 2.45) is 0 Å². The van der Waals surface area contributed by atoms with E-state index >= 15 is 0 Å². The molecule has 1 aromatic rings. The van der Waals surface area contributed by atoms with Gasteiger partial charge in [-0.15, -0.1) is 0 Å². The zero-order valence-electron chi connectivity index (χ0n) is 14.4. The maximum Gasteiger partial charge on any atom is 0.119 e. The van der Waals surface area contributed by atoms with Gasteiger partial charge in [-0.25, -0.2) is 0 Å². The first kappa shape index (κ1) is 18.0. The second-order valence-electron chi connectivity index (χ2n) is 5.80. The summed E-state index contributed by atoms with van der Waals surface area (Å²) < 4.78 is 5.81. The third-order valence-corrected chi connectivity index (χ3v) is 3.91. The van der Waals surface area contributed by atoms with E-state index in [1.54, 1.807) is 0 Å². The lowest BCUT2D eigenvalue weighted by Crippen LogP contribution is -2.33. The van der Waals surface area contributed by atoms with Gasteiger partial charge in [-0.2, -0.15) is 0 Å². The Morgan fingerprint density at radius 3 is 2.43 bits per heavy atom. The molecule has 1 rings (SSSR count). The molecule has 0 unspecified atom stereocenters. The molecule has 0 aliphatic rings. The number of nitrogens with one attached hydrogen (secondary N) is 1. The van der Waals surface area contributed by atoms with Crippen LogP contribution in [0, 0.1) is 6.92 Å². The molecule has 0 aromatic heterocycles. The van der Waals surface area contributed by atoms with Crippen molar-refractivity contribution >= 4 is 0 Å². The highest BCUT2D eigenvalue weighted by Gasteiger charge is 2.04. The van der Waals surface area contributed by atoms with Crippen molar-refractivity contribution in [3.63, 3.8) is 0 Å². The minimum absolute atomic E-state index is 0.570. The van der Waals surface area contributed by atoms with Crippen LogP contribution >= 0.6 is 0 Å². The molecule has 0 radical (unpaired) electrons. The van der Waals surface area contributed by atoms with Crippen LogP contribution in [0.25, 0.3) is 0 Å². The second kappa shape index (κ2) is 9.80. The molecule has 21 heavy (non-hydrogen) atoms. The molecule has 0 heterocycles. The van der Waals surface area contributed by atoms with Crippen molar-refractivity contribution in [1.29, 1.82) is 0 Å². The fourth-order valence-electron chi connectivity index (χ4n) is 2.53. The van der Waals surface area contributed by atoms with Crippen molar-refractivity contribution in [2.45, 2.75) is 40.5 Å².